The maximum Gasteiger partial charge on any atom is 0.411 e. The molecule has 2 aromatic carbocycles. The van der Waals surface area contributed by atoms with Gasteiger partial charge in [0.05, 0.1) is 35.9 Å². The second-order valence-corrected chi connectivity index (χ2v) is 16.6. The van der Waals surface area contributed by atoms with Crippen molar-refractivity contribution in [2.45, 2.75) is 115 Å². The molecule has 50 heavy (non-hydrogen) atoms. The highest BCUT2D eigenvalue weighted by Gasteiger charge is 2.52. The predicted octanol–water partition coefficient (Wildman–Crippen LogP) is 9.05. The normalized spacial score (nSPS) is 25.8. The Balaban J connectivity index is 0.953. The summed E-state index contributed by atoms with van der Waals surface area (Å²) in [5.41, 5.74) is 5.11. The molecule has 4 bridgehead atoms. The van der Waals surface area contributed by atoms with Crippen LogP contribution >= 0.6 is 0 Å². The van der Waals surface area contributed by atoms with Gasteiger partial charge in [-0.05, 0) is 114 Å². The summed E-state index contributed by atoms with van der Waals surface area (Å²) in [6.07, 6.45) is 9.52. The van der Waals surface area contributed by atoms with Crippen LogP contribution in [0.5, 0.6) is 0 Å². The van der Waals surface area contributed by atoms with E-state index in [1.807, 2.05) is 63.7 Å². The molecule has 2 N–H and O–H groups in total. The molecule has 0 spiro atoms. The Morgan fingerprint density at radius 1 is 0.600 bits per heavy atom. The number of carbonyl (C=O) groups is 2. The topological polar surface area (TPSA) is 116 Å². The number of aromatic nitrogens is 4. The van der Waals surface area contributed by atoms with E-state index in [0.29, 0.717) is 11.8 Å². The lowest BCUT2D eigenvalue weighted by molar-refractivity contribution is 0.00523. The van der Waals surface area contributed by atoms with Crippen LogP contribution in [0.1, 0.15) is 104 Å². The lowest BCUT2D eigenvalue weighted by Crippen LogP contribution is -2.43. The molecule has 4 heterocycles. The molecule has 2 amide bonds. The number of carbonyl (C=O) groups excluding carboxylic acids is 2. The molecule has 6 atom stereocenters. The number of likely N-dealkylation sites (tertiary alicyclic amines) is 2. The number of hydrogen-bond donors (Lipinski definition) is 2. The number of ether oxygens (including phenoxy) is 2. The van der Waals surface area contributed by atoms with Gasteiger partial charge in [-0.1, -0.05) is 48.5 Å². The number of aromatic amines is 2. The van der Waals surface area contributed by atoms with Crippen LogP contribution in [0.3, 0.4) is 0 Å². The van der Waals surface area contributed by atoms with Crippen molar-refractivity contribution < 1.29 is 19.1 Å². The minimum absolute atomic E-state index is 0.0849. The average Bonchev–Trinajstić information content (AvgIpc) is 3.92. The van der Waals surface area contributed by atoms with Gasteiger partial charge in [0.2, 0.25) is 0 Å². The fourth-order valence-electron chi connectivity index (χ4n) is 8.79. The summed E-state index contributed by atoms with van der Waals surface area (Å²) in [5, 5.41) is 0. The van der Waals surface area contributed by atoms with Crippen LogP contribution in [-0.4, -0.2) is 65.2 Å². The van der Waals surface area contributed by atoms with E-state index in [9.17, 15) is 9.59 Å². The fourth-order valence-corrected chi connectivity index (χ4v) is 8.79. The molecule has 2 aromatic heterocycles. The molecule has 4 aromatic rings. The van der Waals surface area contributed by atoms with Crippen molar-refractivity contribution in [2.75, 3.05) is 0 Å². The Morgan fingerprint density at radius 2 is 0.960 bits per heavy atom. The molecule has 2 saturated carbocycles. The number of rotatable bonds is 5. The second kappa shape index (κ2) is 12.0. The molecular weight excluding hydrogens is 628 g/mol. The summed E-state index contributed by atoms with van der Waals surface area (Å²) in [6.45, 7) is 11.5. The number of nitrogens with zero attached hydrogens (tertiary/aromatic N) is 4. The van der Waals surface area contributed by atoms with Gasteiger partial charge in [0.15, 0.2) is 0 Å². The molecule has 2 aliphatic carbocycles. The smallest absolute Gasteiger partial charge is 0.411 e. The summed E-state index contributed by atoms with van der Waals surface area (Å²) in [5.74, 6) is 2.46. The van der Waals surface area contributed by atoms with Crippen LogP contribution in [-0.2, 0) is 9.47 Å². The van der Waals surface area contributed by atoms with E-state index >= 15 is 0 Å². The zero-order valence-electron chi connectivity index (χ0n) is 29.9. The Bertz CT molecular complexity index is 1740. The van der Waals surface area contributed by atoms with Crippen molar-refractivity contribution in [1.29, 1.82) is 0 Å². The minimum Gasteiger partial charge on any atom is -0.444 e. The van der Waals surface area contributed by atoms with E-state index < -0.39 is 11.2 Å². The molecule has 2 unspecified atom stereocenters. The molecule has 10 nitrogen and oxygen atoms in total. The number of amides is 2. The first-order chi connectivity index (χ1) is 23.8. The van der Waals surface area contributed by atoms with Gasteiger partial charge in [0.1, 0.15) is 22.9 Å². The number of imidazole rings is 2. The first kappa shape index (κ1) is 32.6. The quantitative estimate of drug-likeness (QED) is 0.218. The Kier molecular flexibility index (Phi) is 7.84. The molecular formula is C40H48N6O4. The molecule has 2 aliphatic heterocycles. The van der Waals surface area contributed by atoms with E-state index in [4.69, 9.17) is 19.4 Å². The van der Waals surface area contributed by atoms with Crippen molar-refractivity contribution in [2.24, 2.45) is 11.8 Å². The van der Waals surface area contributed by atoms with Crippen LogP contribution in [0.25, 0.3) is 33.6 Å². The van der Waals surface area contributed by atoms with E-state index in [0.717, 1.165) is 83.8 Å². The zero-order valence-corrected chi connectivity index (χ0v) is 29.9. The number of H-pyrrole nitrogens is 2. The fraction of sp³-hybridized carbons (Fsp3) is 0.500. The van der Waals surface area contributed by atoms with E-state index in [2.05, 4.69) is 58.5 Å². The summed E-state index contributed by atoms with van der Waals surface area (Å²) < 4.78 is 11.6. The monoisotopic (exact) mass is 676 g/mol. The van der Waals surface area contributed by atoms with Gasteiger partial charge >= 0.3 is 12.2 Å². The largest absolute Gasteiger partial charge is 0.444 e. The maximum absolute atomic E-state index is 13.2. The number of piperidine rings is 2. The van der Waals surface area contributed by atoms with Crippen LogP contribution in [0, 0.1) is 11.8 Å². The molecule has 2 saturated heterocycles. The first-order valence-corrected chi connectivity index (χ1v) is 18.1. The number of hydrogen-bond acceptors (Lipinski definition) is 6. The van der Waals surface area contributed by atoms with Crippen LogP contribution in [0.2, 0.25) is 0 Å². The summed E-state index contributed by atoms with van der Waals surface area (Å²) in [6, 6.07) is 17.2. The molecule has 8 rings (SSSR count). The van der Waals surface area contributed by atoms with Crippen molar-refractivity contribution in [3.05, 3.63) is 72.6 Å². The third-order valence-corrected chi connectivity index (χ3v) is 10.9. The highest BCUT2D eigenvalue weighted by molar-refractivity contribution is 5.73. The summed E-state index contributed by atoms with van der Waals surface area (Å²) >= 11 is 0. The highest BCUT2D eigenvalue weighted by atomic mass is 16.6. The van der Waals surface area contributed by atoms with Gasteiger partial charge in [-0.25, -0.2) is 19.6 Å². The summed E-state index contributed by atoms with van der Waals surface area (Å²) in [7, 11) is 0. The third kappa shape index (κ3) is 6.07. The number of nitrogens with one attached hydrogen (secondary N) is 2. The third-order valence-electron chi connectivity index (χ3n) is 10.9. The SMILES string of the molecule is CC(C)(C)OC(=O)N1C(c2ncc(-c3ccc(-c4ccc(-c5cnc(C6[C@H]7CC[C@H](C7)N6C(=O)OC(C)(C)C)[nH]5)cc4)cc3)[nH]2)[C@H]2CC[C@@H]1C2. The van der Waals surface area contributed by atoms with Gasteiger partial charge in [-0.2, -0.15) is 0 Å². The number of benzene rings is 2. The van der Waals surface area contributed by atoms with Crippen molar-refractivity contribution in [1.82, 2.24) is 29.7 Å². The van der Waals surface area contributed by atoms with Crippen molar-refractivity contribution in [3.8, 4) is 33.6 Å². The molecule has 10 heteroatoms. The minimum atomic E-state index is -0.537. The van der Waals surface area contributed by atoms with E-state index in [1.54, 1.807) is 0 Å². The van der Waals surface area contributed by atoms with Crippen LogP contribution in [0.15, 0.2) is 60.9 Å². The standard InChI is InChI=1S/C40H48N6O4/c1-39(2,3)49-37(47)45-29-17-15-27(19-29)33(45)35-41-21-31(43-35)25-11-7-23(8-12-25)24-9-13-26(14-10-24)32-22-42-36(44-32)34-28-16-18-30(20-28)46(34)38(48)50-40(4,5)6/h7-14,21-22,27-30,33-34H,15-20H2,1-6H3,(H,41,43)(H,42,44)/t27-,28-,29+,30+,33?,34?/m0/s1. The average molecular weight is 677 g/mol. The number of fused-ring (bicyclic) bond motifs is 4. The lowest BCUT2D eigenvalue weighted by atomic mass is 9.98. The van der Waals surface area contributed by atoms with Crippen molar-refractivity contribution >= 4 is 12.2 Å². The molecule has 262 valence electrons. The van der Waals surface area contributed by atoms with E-state index in [1.165, 1.54) is 0 Å². The van der Waals surface area contributed by atoms with E-state index in [-0.39, 0.29) is 36.4 Å². The van der Waals surface area contributed by atoms with Gasteiger partial charge in [-0.3, -0.25) is 9.80 Å². The molecule has 4 aliphatic rings. The summed E-state index contributed by atoms with van der Waals surface area (Å²) in [4.78, 5) is 46.8. The first-order valence-electron chi connectivity index (χ1n) is 18.1. The lowest BCUT2D eigenvalue weighted by Gasteiger charge is -2.35. The van der Waals surface area contributed by atoms with Crippen molar-refractivity contribution in [3.63, 3.8) is 0 Å². The van der Waals surface area contributed by atoms with Gasteiger partial charge in [-0.15, -0.1) is 0 Å². The predicted molar refractivity (Wildman–Crippen MR) is 191 cm³/mol. The Labute approximate surface area is 294 Å². The highest BCUT2D eigenvalue weighted by Crippen LogP contribution is 2.51. The van der Waals surface area contributed by atoms with Gasteiger partial charge in [0.25, 0.3) is 0 Å². The maximum atomic E-state index is 13.2. The Morgan fingerprint density at radius 3 is 1.32 bits per heavy atom. The molecule has 4 fully saturated rings. The molecule has 0 radical (unpaired) electrons. The second-order valence-electron chi connectivity index (χ2n) is 16.6. The zero-order chi connectivity index (χ0) is 34.9. The van der Waals surface area contributed by atoms with Gasteiger partial charge in [0, 0.05) is 12.1 Å². The van der Waals surface area contributed by atoms with Crippen LogP contribution < -0.4 is 0 Å². The Hall–Kier alpha value is -4.60. The van der Waals surface area contributed by atoms with Gasteiger partial charge < -0.3 is 19.4 Å². The van der Waals surface area contributed by atoms with Crippen LogP contribution in [0.4, 0.5) is 9.59 Å².